The van der Waals surface area contributed by atoms with Crippen molar-refractivity contribution in [3.8, 4) is 0 Å². The summed E-state index contributed by atoms with van der Waals surface area (Å²) in [5.41, 5.74) is -6.79. The zero-order chi connectivity index (χ0) is 51.5. The molecule has 0 aromatic heterocycles. The Morgan fingerprint density at radius 3 is 1.08 bits per heavy atom. The standard InChI is InChI=1S/C25H44O8.C25H44O6/c1-21(2,3)17(26)15-23(7,8)18(27)31-16-24(9,10)33-20(29)25(11,12)19(28)30-13-14-32-22(4,5)6;1-21(2,3)17(26)13-23(7,8)15-19(28)30-25(11,12)31-20(29)16-24(9,10)14-18(27)22(4,5)6/h13-16H2,1-12H3;13-16H2,1-12H3. The second kappa shape index (κ2) is 22.7. The quantitative estimate of drug-likeness (QED) is 0.0347. The number of rotatable bonds is 21. The molecule has 64 heavy (non-hydrogen) atoms. The van der Waals surface area contributed by atoms with Gasteiger partial charge in [0.25, 0.3) is 5.79 Å². The minimum Gasteiger partial charge on any atom is -0.462 e. The van der Waals surface area contributed by atoms with Crippen LogP contribution in [0.1, 0.15) is 198 Å². The van der Waals surface area contributed by atoms with E-state index in [9.17, 15) is 38.4 Å². The minimum atomic E-state index is -1.55. The van der Waals surface area contributed by atoms with Crippen LogP contribution >= 0.6 is 0 Å². The highest BCUT2D eigenvalue weighted by atomic mass is 16.7. The van der Waals surface area contributed by atoms with Gasteiger partial charge < -0.3 is 28.4 Å². The van der Waals surface area contributed by atoms with Crippen LogP contribution in [0.2, 0.25) is 0 Å². The van der Waals surface area contributed by atoms with Crippen LogP contribution in [0.15, 0.2) is 0 Å². The molecule has 0 spiro atoms. The highest BCUT2D eigenvalue weighted by Crippen LogP contribution is 2.34. The van der Waals surface area contributed by atoms with Gasteiger partial charge in [-0.2, -0.15) is 0 Å². The Morgan fingerprint density at radius 2 is 0.734 bits per heavy atom. The zero-order valence-electron chi connectivity index (χ0n) is 44.4. The Morgan fingerprint density at radius 1 is 0.375 bits per heavy atom. The van der Waals surface area contributed by atoms with E-state index < -0.39 is 79.1 Å². The Balaban J connectivity index is 0. The van der Waals surface area contributed by atoms with Crippen molar-refractivity contribution in [1.29, 1.82) is 0 Å². The van der Waals surface area contributed by atoms with Crippen LogP contribution in [0, 0.1) is 37.9 Å². The summed E-state index contributed by atoms with van der Waals surface area (Å²) < 4.78 is 32.3. The van der Waals surface area contributed by atoms with Gasteiger partial charge in [-0.1, -0.05) is 90.0 Å². The number of carbonyl (C=O) groups is 8. The van der Waals surface area contributed by atoms with Crippen LogP contribution < -0.4 is 0 Å². The van der Waals surface area contributed by atoms with E-state index in [4.69, 9.17) is 28.4 Å². The molecular formula is C50H88O14. The summed E-state index contributed by atoms with van der Waals surface area (Å²) in [6.45, 7) is 41.7. The molecule has 0 aliphatic carbocycles. The highest BCUT2D eigenvalue weighted by molar-refractivity contribution is 5.99. The van der Waals surface area contributed by atoms with Crippen LogP contribution in [0.3, 0.4) is 0 Å². The maximum Gasteiger partial charge on any atom is 0.323 e. The topological polar surface area (TPSA) is 192 Å². The fourth-order valence-corrected chi connectivity index (χ4v) is 5.27. The summed E-state index contributed by atoms with van der Waals surface area (Å²) >= 11 is 0. The molecule has 0 unspecified atom stereocenters. The molecular weight excluding hydrogens is 825 g/mol. The molecule has 0 aromatic carbocycles. The SMILES string of the molecule is CC(C)(C)OCCOC(=O)C(C)(C)C(=O)OC(C)(C)COC(=O)C(C)(C)CC(=O)C(C)(C)C.CC(C)(CC(=O)OC(C)(C)OC(=O)CC(C)(C)CC(=O)C(C)(C)C)CC(=O)C(C)(C)C. The third-order valence-corrected chi connectivity index (χ3v) is 9.70. The molecule has 0 bridgehead atoms. The number of hydrogen-bond acceptors (Lipinski definition) is 14. The molecule has 0 fully saturated rings. The molecule has 0 rings (SSSR count). The van der Waals surface area contributed by atoms with E-state index in [1.54, 1.807) is 48.5 Å². The Kier molecular flexibility index (Phi) is 22.1. The molecule has 0 aromatic rings. The number of esters is 5. The predicted molar refractivity (Wildman–Crippen MR) is 246 cm³/mol. The van der Waals surface area contributed by atoms with E-state index in [0.29, 0.717) is 0 Å². The van der Waals surface area contributed by atoms with Gasteiger partial charge in [0, 0.05) is 49.4 Å². The van der Waals surface area contributed by atoms with E-state index in [2.05, 4.69) is 0 Å². The first-order chi connectivity index (χ1) is 28.0. The molecule has 0 N–H and O–H groups in total. The van der Waals surface area contributed by atoms with E-state index in [-0.39, 0.29) is 74.9 Å². The molecule has 0 amide bonds. The second-order valence-electron chi connectivity index (χ2n) is 24.9. The molecule has 372 valence electrons. The zero-order valence-corrected chi connectivity index (χ0v) is 44.4. The van der Waals surface area contributed by atoms with Crippen molar-refractivity contribution in [3.63, 3.8) is 0 Å². The van der Waals surface area contributed by atoms with Gasteiger partial charge in [0.15, 0.2) is 5.41 Å². The Hall–Kier alpha value is -3.68. The first-order valence-corrected chi connectivity index (χ1v) is 22.2. The number of ketones is 3. The average Bonchev–Trinajstić information content (AvgIpc) is 3.01. The van der Waals surface area contributed by atoms with Crippen molar-refractivity contribution in [2.75, 3.05) is 19.8 Å². The summed E-state index contributed by atoms with van der Waals surface area (Å²) in [5.74, 6) is -4.52. The monoisotopic (exact) mass is 913 g/mol. The largest absolute Gasteiger partial charge is 0.462 e. The van der Waals surface area contributed by atoms with Crippen LogP contribution in [-0.4, -0.2) is 84.0 Å². The molecule has 0 aliphatic heterocycles. The number of carbonyl (C=O) groups excluding carboxylic acids is 8. The summed E-state index contributed by atoms with van der Waals surface area (Å²) in [7, 11) is 0. The first-order valence-electron chi connectivity index (χ1n) is 22.2. The van der Waals surface area contributed by atoms with Crippen molar-refractivity contribution >= 4 is 47.2 Å². The first kappa shape index (κ1) is 62.4. The smallest absolute Gasteiger partial charge is 0.323 e. The van der Waals surface area contributed by atoms with Crippen LogP contribution in [0.25, 0.3) is 0 Å². The maximum absolute atomic E-state index is 12.7. The molecule has 0 aliphatic rings. The maximum atomic E-state index is 12.7. The summed E-state index contributed by atoms with van der Waals surface area (Å²) in [4.78, 5) is 99.5. The number of hydrogen-bond donors (Lipinski definition) is 0. The molecule has 14 nitrogen and oxygen atoms in total. The fourth-order valence-electron chi connectivity index (χ4n) is 5.27. The summed E-state index contributed by atoms with van der Waals surface area (Å²) in [5, 5.41) is 0. The van der Waals surface area contributed by atoms with Crippen LogP contribution in [-0.2, 0) is 66.8 Å². The highest BCUT2D eigenvalue weighted by Gasteiger charge is 2.44. The lowest BCUT2D eigenvalue weighted by molar-refractivity contribution is -0.218. The molecule has 0 atom stereocenters. The minimum absolute atomic E-state index is 0.0101. The van der Waals surface area contributed by atoms with Crippen LogP contribution in [0.5, 0.6) is 0 Å². The average molecular weight is 913 g/mol. The van der Waals surface area contributed by atoms with Crippen molar-refractivity contribution in [3.05, 3.63) is 0 Å². The van der Waals surface area contributed by atoms with Crippen molar-refractivity contribution < 1.29 is 66.8 Å². The van der Waals surface area contributed by atoms with Crippen molar-refractivity contribution in [2.24, 2.45) is 37.9 Å². The molecule has 0 saturated carbocycles. The summed E-state index contributed by atoms with van der Waals surface area (Å²) in [6, 6.07) is 0. The molecule has 0 heterocycles. The van der Waals surface area contributed by atoms with Gasteiger partial charge in [0.1, 0.15) is 36.2 Å². The van der Waals surface area contributed by atoms with Gasteiger partial charge in [-0.3, -0.25) is 38.4 Å². The van der Waals surface area contributed by atoms with E-state index in [0.717, 1.165) is 0 Å². The van der Waals surface area contributed by atoms with E-state index in [1.807, 2.05) is 90.0 Å². The van der Waals surface area contributed by atoms with Crippen LogP contribution in [0.4, 0.5) is 0 Å². The third-order valence-electron chi connectivity index (χ3n) is 9.70. The van der Waals surface area contributed by atoms with Gasteiger partial charge >= 0.3 is 29.8 Å². The fraction of sp³-hybridized carbons (Fsp3) is 0.840. The van der Waals surface area contributed by atoms with Gasteiger partial charge in [0.2, 0.25) is 0 Å². The summed E-state index contributed by atoms with van der Waals surface area (Å²) in [6.07, 6.45) is 0.597. The van der Waals surface area contributed by atoms with E-state index in [1.165, 1.54) is 27.7 Å². The second-order valence-corrected chi connectivity index (χ2v) is 24.9. The lowest BCUT2D eigenvalue weighted by atomic mass is 9.77. The van der Waals surface area contributed by atoms with Gasteiger partial charge in [-0.25, -0.2) is 0 Å². The molecule has 14 heteroatoms. The van der Waals surface area contributed by atoms with E-state index >= 15 is 0 Å². The normalized spacial score (nSPS) is 13.4. The Bertz CT molecular complexity index is 1590. The number of ether oxygens (including phenoxy) is 6. The van der Waals surface area contributed by atoms with Gasteiger partial charge in [0.05, 0.1) is 30.5 Å². The lowest BCUT2D eigenvalue weighted by Gasteiger charge is -2.31. The van der Waals surface area contributed by atoms with Gasteiger partial charge in [-0.05, 0) is 73.1 Å². The molecule has 0 saturated heterocycles. The van der Waals surface area contributed by atoms with Crippen molar-refractivity contribution in [1.82, 2.24) is 0 Å². The third kappa shape index (κ3) is 25.7. The predicted octanol–water partition coefficient (Wildman–Crippen LogP) is 9.92. The lowest BCUT2D eigenvalue weighted by Crippen LogP contribution is -2.44. The number of Topliss-reactive ketones (excluding diaryl/α,β-unsaturated/α-hetero) is 3. The van der Waals surface area contributed by atoms with Crippen molar-refractivity contribution in [2.45, 2.75) is 215 Å². The Labute approximate surface area is 386 Å². The molecule has 0 radical (unpaired) electrons. The van der Waals surface area contributed by atoms with Gasteiger partial charge in [-0.15, -0.1) is 0 Å².